The highest BCUT2D eigenvalue weighted by atomic mass is 16.2. The zero-order valence-corrected chi connectivity index (χ0v) is 10.6. The standard InChI is InChI=1S/C14H18N2O2/c1-11-5-4-6-12(9-11)10-15-13(17)14(18)16-7-2-3-8-16/h4-6,9H,2-3,7-8,10H2,1H3,(H,15,17). The van der Waals surface area contributed by atoms with Crippen molar-refractivity contribution in [2.24, 2.45) is 0 Å². The molecule has 0 aliphatic carbocycles. The highest BCUT2D eigenvalue weighted by Gasteiger charge is 2.23. The molecular formula is C14H18N2O2. The molecule has 0 atom stereocenters. The van der Waals surface area contributed by atoms with E-state index in [2.05, 4.69) is 5.32 Å². The summed E-state index contributed by atoms with van der Waals surface area (Å²) in [5.74, 6) is -0.904. The van der Waals surface area contributed by atoms with Gasteiger partial charge in [-0.3, -0.25) is 9.59 Å². The van der Waals surface area contributed by atoms with Gasteiger partial charge in [-0.25, -0.2) is 0 Å². The van der Waals surface area contributed by atoms with Gasteiger partial charge in [-0.1, -0.05) is 29.8 Å². The van der Waals surface area contributed by atoms with Gasteiger partial charge in [0.25, 0.3) is 0 Å². The monoisotopic (exact) mass is 246 g/mol. The smallest absolute Gasteiger partial charge is 0.311 e. The van der Waals surface area contributed by atoms with Gasteiger partial charge < -0.3 is 10.2 Å². The Morgan fingerprint density at radius 2 is 2.00 bits per heavy atom. The predicted octanol–water partition coefficient (Wildman–Crippen LogP) is 1.23. The van der Waals surface area contributed by atoms with Crippen LogP contribution < -0.4 is 5.32 Å². The molecule has 18 heavy (non-hydrogen) atoms. The quantitative estimate of drug-likeness (QED) is 0.798. The number of benzene rings is 1. The van der Waals surface area contributed by atoms with Crippen LogP contribution in [0.2, 0.25) is 0 Å². The van der Waals surface area contributed by atoms with Gasteiger partial charge in [0.2, 0.25) is 0 Å². The second-order valence-corrected chi connectivity index (χ2v) is 4.67. The molecule has 0 spiro atoms. The molecule has 2 rings (SSSR count). The number of carbonyl (C=O) groups is 2. The number of hydrogen-bond donors (Lipinski definition) is 1. The van der Waals surface area contributed by atoms with E-state index in [1.807, 2.05) is 31.2 Å². The van der Waals surface area contributed by atoms with Crippen LogP contribution in [0.25, 0.3) is 0 Å². The second kappa shape index (κ2) is 5.67. The zero-order valence-electron chi connectivity index (χ0n) is 10.6. The molecule has 1 heterocycles. The van der Waals surface area contributed by atoms with E-state index in [-0.39, 0.29) is 0 Å². The van der Waals surface area contributed by atoms with Crippen molar-refractivity contribution in [3.8, 4) is 0 Å². The minimum atomic E-state index is -0.501. The maximum atomic E-state index is 11.7. The Kier molecular flexibility index (Phi) is 3.97. The Labute approximate surface area is 107 Å². The summed E-state index contributed by atoms with van der Waals surface area (Å²) in [5, 5.41) is 2.67. The molecular weight excluding hydrogens is 228 g/mol. The average molecular weight is 246 g/mol. The fraction of sp³-hybridized carbons (Fsp3) is 0.429. The summed E-state index contributed by atoms with van der Waals surface area (Å²) in [6, 6.07) is 7.88. The third-order valence-electron chi connectivity index (χ3n) is 3.12. The summed E-state index contributed by atoms with van der Waals surface area (Å²) in [7, 11) is 0. The van der Waals surface area contributed by atoms with E-state index >= 15 is 0 Å². The lowest BCUT2D eigenvalue weighted by Crippen LogP contribution is -2.41. The molecule has 1 aliphatic heterocycles. The summed E-state index contributed by atoms with van der Waals surface area (Å²) in [5.41, 5.74) is 2.16. The molecule has 0 saturated carbocycles. The third-order valence-corrected chi connectivity index (χ3v) is 3.12. The molecule has 1 aromatic rings. The van der Waals surface area contributed by atoms with Crippen LogP contribution in [0.1, 0.15) is 24.0 Å². The number of hydrogen-bond acceptors (Lipinski definition) is 2. The molecule has 0 radical (unpaired) electrons. The van der Waals surface area contributed by atoms with Crippen molar-refractivity contribution >= 4 is 11.8 Å². The second-order valence-electron chi connectivity index (χ2n) is 4.67. The molecule has 1 aromatic carbocycles. The van der Waals surface area contributed by atoms with Gasteiger partial charge in [0.1, 0.15) is 0 Å². The number of amides is 2. The summed E-state index contributed by atoms with van der Waals surface area (Å²) >= 11 is 0. The highest BCUT2D eigenvalue weighted by molar-refractivity contribution is 6.35. The maximum absolute atomic E-state index is 11.7. The van der Waals surface area contributed by atoms with Crippen LogP contribution >= 0.6 is 0 Å². The fourth-order valence-corrected chi connectivity index (χ4v) is 2.14. The molecule has 0 bridgehead atoms. The summed E-state index contributed by atoms with van der Waals surface area (Å²) in [4.78, 5) is 25.0. The Morgan fingerprint density at radius 1 is 1.28 bits per heavy atom. The number of nitrogens with zero attached hydrogens (tertiary/aromatic N) is 1. The highest BCUT2D eigenvalue weighted by Crippen LogP contribution is 2.07. The maximum Gasteiger partial charge on any atom is 0.311 e. The zero-order chi connectivity index (χ0) is 13.0. The van der Waals surface area contributed by atoms with E-state index < -0.39 is 11.8 Å². The Hall–Kier alpha value is -1.84. The fourth-order valence-electron chi connectivity index (χ4n) is 2.14. The molecule has 4 heteroatoms. The Morgan fingerprint density at radius 3 is 2.67 bits per heavy atom. The molecule has 0 unspecified atom stereocenters. The van der Waals surface area contributed by atoms with E-state index in [1.54, 1.807) is 4.90 Å². The van der Waals surface area contributed by atoms with Crippen molar-refractivity contribution in [2.75, 3.05) is 13.1 Å². The molecule has 4 nitrogen and oxygen atoms in total. The molecule has 1 saturated heterocycles. The van der Waals surface area contributed by atoms with Crippen molar-refractivity contribution in [1.82, 2.24) is 10.2 Å². The lowest BCUT2D eigenvalue weighted by molar-refractivity contribution is -0.145. The van der Waals surface area contributed by atoms with E-state index in [9.17, 15) is 9.59 Å². The van der Waals surface area contributed by atoms with Gasteiger partial charge >= 0.3 is 11.8 Å². The molecule has 2 amide bonds. The van der Waals surface area contributed by atoms with Crippen LogP contribution in [0.5, 0.6) is 0 Å². The summed E-state index contributed by atoms with van der Waals surface area (Å²) < 4.78 is 0. The SMILES string of the molecule is Cc1cccc(CNC(=O)C(=O)N2CCCC2)c1. The number of likely N-dealkylation sites (tertiary alicyclic amines) is 1. The van der Waals surface area contributed by atoms with Crippen LogP contribution in [0.15, 0.2) is 24.3 Å². The third kappa shape index (κ3) is 3.09. The number of nitrogens with one attached hydrogen (secondary N) is 1. The average Bonchev–Trinajstić information content (AvgIpc) is 2.89. The lowest BCUT2D eigenvalue weighted by Gasteiger charge is -2.14. The van der Waals surface area contributed by atoms with Crippen molar-refractivity contribution in [1.29, 1.82) is 0 Å². The van der Waals surface area contributed by atoms with Gasteiger partial charge in [0.15, 0.2) is 0 Å². The normalized spacial score (nSPS) is 14.6. The number of carbonyl (C=O) groups excluding carboxylic acids is 2. The van der Waals surface area contributed by atoms with Gasteiger partial charge in [0.05, 0.1) is 0 Å². The summed E-state index contributed by atoms with van der Waals surface area (Å²) in [6.07, 6.45) is 1.99. The topological polar surface area (TPSA) is 49.4 Å². The Bertz CT molecular complexity index is 451. The molecule has 1 fully saturated rings. The molecule has 96 valence electrons. The van der Waals surface area contributed by atoms with Crippen molar-refractivity contribution in [3.05, 3.63) is 35.4 Å². The van der Waals surface area contributed by atoms with Crippen LogP contribution in [-0.2, 0) is 16.1 Å². The van der Waals surface area contributed by atoms with Crippen molar-refractivity contribution < 1.29 is 9.59 Å². The van der Waals surface area contributed by atoms with Crippen LogP contribution in [-0.4, -0.2) is 29.8 Å². The first-order chi connectivity index (χ1) is 8.66. The van der Waals surface area contributed by atoms with Crippen molar-refractivity contribution in [3.63, 3.8) is 0 Å². The van der Waals surface area contributed by atoms with Crippen LogP contribution in [0.4, 0.5) is 0 Å². The minimum absolute atomic E-state index is 0.403. The lowest BCUT2D eigenvalue weighted by atomic mass is 10.1. The van der Waals surface area contributed by atoms with Crippen molar-refractivity contribution in [2.45, 2.75) is 26.3 Å². The van der Waals surface area contributed by atoms with Crippen LogP contribution in [0.3, 0.4) is 0 Å². The molecule has 0 aromatic heterocycles. The largest absolute Gasteiger partial charge is 0.344 e. The van der Waals surface area contributed by atoms with Gasteiger partial charge in [-0.05, 0) is 25.3 Å². The predicted molar refractivity (Wildman–Crippen MR) is 68.8 cm³/mol. The van der Waals surface area contributed by atoms with Crippen LogP contribution in [0, 0.1) is 6.92 Å². The van der Waals surface area contributed by atoms with E-state index in [0.29, 0.717) is 19.6 Å². The van der Waals surface area contributed by atoms with E-state index in [4.69, 9.17) is 0 Å². The van der Waals surface area contributed by atoms with Gasteiger partial charge in [0, 0.05) is 19.6 Å². The minimum Gasteiger partial charge on any atom is -0.344 e. The van der Waals surface area contributed by atoms with E-state index in [0.717, 1.165) is 24.0 Å². The first-order valence-electron chi connectivity index (χ1n) is 6.29. The van der Waals surface area contributed by atoms with E-state index in [1.165, 1.54) is 0 Å². The molecule has 1 aliphatic rings. The Balaban J connectivity index is 1.86. The first kappa shape index (κ1) is 12.6. The van der Waals surface area contributed by atoms with Gasteiger partial charge in [-0.2, -0.15) is 0 Å². The summed E-state index contributed by atoms with van der Waals surface area (Å²) in [6.45, 7) is 3.81. The van der Waals surface area contributed by atoms with Gasteiger partial charge in [-0.15, -0.1) is 0 Å². The first-order valence-corrected chi connectivity index (χ1v) is 6.29. The number of aryl methyl sites for hydroxylation is 1. The number of rotatable bonds is 2. The molecule has 1 N–H and O–H groups in total.